The van der Waals surface area contributed by atoms with Crippen LogP contribution >= 0.6 is 0 Å². The van der Waals surface area contributed by atoms with Crippen LogP contribution in [0.5, 0.6) is 0 Å². The summed E-state index contributed by atoms with van der Waals surface area (Å²) in [4.78, 5) is 2.37. The molecule has 2 aliphatic rings. The maximum Gasteiger partial charge on any atom is 0.102 e. The monoisotopic (exact) mass is 212 g/mol. The van der Waals surface area contributed by atoms with Gasteiger partial charge in [0.2, 0.25) is 0 Å². The number of nitrogens with zero attached hydrogens (tertiary/aromatic N) is 2. The van der Waals surface area contributed by atoms with E-state index in [0.717, 1.165) is 29.9 Å². The van der Waals surface area contributed by atoms with Crippen LogP contribution in [0.15, 0.2) is 18.2 Å². The van der Waals surface area contributed by atoms with Crippen LogP contribution in [0.1, 0.15) is 30.4 Å². The van der Waals surface area contributed by atoms with Crippen molar-refractivity contribution in [3.05, 3.63) is 29.3 Å². The Kier molecular flexibility index (Phi) is 1.97. The van der Waals surface area contributed by atoms with E-state index in [4.69, 9.17) is 0 Å². The highest BCUT2D eigenvalue weighted by Gasteiger charge is 2.47. The minimum Gasteiger partial charge on any atom is -0.369 e. The van der Waals surface area contributed by atoms with E-state index in [0.29, 0.717) is 5.41 Å². The molecule has 1 aromatic carbocycles. The Balaban J connectivity index is 1.86. The van der Waals surface area contributed by atoms with Crippen LogP contribution in [0, 0.1) is 23.7 Å². The van der Waals surface area contributed by atoms with Gasteiger partial charge in [-0.3, -0.25) is 0 Å². The van der Waals surface area contributed by atoms with Crippen molar-refractivity contribution in [3.63, 3.8) is 0 Å². The van der Waals surface area contributed by atoms with Crippen molar-refractivity contribution in [2.75, 3.05) is 18.0 Å². The third-order valence-corrected chi connectivity index (χ3v) is 4.17. The molecule has 2 heteroatoms. The van der Waals surface area contributed by atoms with Gasteiger partial charge in [-0.25, -0.2) is 0 Å². The molecule has 0 unspecified atom stereocenters. The summed E-state index contributed by atoms with van der Waals surface area (Å²) in [6.45, 7) is 4.33. The predicted molar refractivity (Wildman–Crippen MR) is 64.4 cm³/mol. The van der Waals surface area contributed by atoms with Crippen LogP contribution in [-0.2, 0) is 0 Å². The number of anilines is 1. The van der Waals surface area contributed by atoms with E-state index >= 15 is 0 Å². The predicted octanol–water partition coefficient (Wildman–Crippen LogP) is 2.86. The summed E-state index contributed by atoms with van der Waals surface area (Å²) in [5.41, 5.74) is 3.71. The number of hydrogen-bond acceptors (Lipinski definition) is 2. The molecule has 0 amide bonds. The van der Waals surface area contributed by atoms with E-state index in [2.05, 4.69) is 23.1 Å². The van der Waals surface area contributed by atoms with E-state index in [1.807, 2.05) is 13.0 Å². The Bertz CT molecular complexity index is 458. The smallest absolute Gasteiger partial charge is 0.102 e. The van der Waals surface area contributed by atoms with Crippen molar-refractivity contribution in [1.29, 1.82) is 5.26 Å². The second-order valence-corrected chi connectivity index (χ2v) is 5.29. The van der Waals surface area contributed by atoms with Crippen LogP contribution in [0.25, 0.3) is 0 Å². The topological polar surface area (TPSA) is 27.0 Å². The van der Waals surface area contributed by atoms with Crippen LogP contribution in [0.2, 0.25) is 0 Å². The van der Waals surface area contributed by atoms with Crippen molar-refractivity contribution in [2.24, 2.45) is 5.41 Å². The highest BCUT2D eigenvalue weighted by molar-refractivity contribution is 5.64. The number of benzene rings is 1. The molecular weight excluding hydrogens is 196 g/mol. The summed E-state index contributed by atoms with van der Waals surface area (Å²) in [6.07, 6.45) is 4.17. The second kappa shape index (κ2) is 3.25. The molecule has 0 aromatic heterocycles. The molecule has 1 aliphatic heterocycles. The Hall–Kier alpha value is -1.49. The SMILES string of the molecule is Cc1cccc(N2CC3(CCC3)C2)c1C#N. The van der Waals surface area contributed by atoms with E-state index in [-0.39, 0.29) is 0 Å². The standard InChI is InChI=1S/C14H16N2/c1-11-4-2-5-13(12(11)8-15)16-9-14(10-16)6-3-7-14/h2,4-5H,3,6-7,9-10H2,1H3. The van der Waals surface area contributed by atoms with Gasteiger partial charge in [-0.05, 0) is 31.4 Å². The minimum absolute atomic E-state index is 0.621. The second-order valence-electron chi connectivity index (χ2n) is 5.29. The highest BCUT2D eigenvalue weighted by Crippen LogP contribution is 2.49. The first-order valence-corrected chi connectivity index (χ1v) is 5.99. The zero-order valence-electron chi connectivity index (χ0n) is 9.66. The molecule has 1 saturated heterocycles. The molecule has 0 bridgehead atoms. The summed E-state index contributed by atoms with van der Waals surface area (Å²) in [6, 6.07) is 8.48. The molecular formula is C14H16N2. The van der Waals surface area contributed by atoms with E-state index in [1.165, 1.54) is 19.3 Å². The zero-order valence-corrected chi connectivity index (χ0v) is 9.66. The lowest BCUT2D eigenvalue weighted by atomic mass is 9.63. The van der Waals surface area contributed by atoms with Gasteiger partial charge in [-0.15, -0.1) is 0 Å². The van der Waals surface area contributed by atoms with Crippen molar-refractivity contribution in [3.8, 4) is 6.07 Å². The molecule has 2 fully saturated rings. The largest absolute Gasteiger partial charge is 0.369 e. The van der Waals surface area contributed by atoms with Crippen LogP contribution in [-0.4, -0.2) is 13.1 Å². The first-order chi connectivity index (χ1) is 7.74. The summed E-state index contributed by atoms with van der Waals surface area (Å²) >= 11 is 0. The van der Waals surface area contributed by atoms with E-state index < -0.39 is 0 Å². The van der Waals surface area contributed by atoms with Gasteiger partial charge in [0, 0.05) is 18.5 Å². The maximum atomic E-state index is 9.19. The average Bonchev–Trinajstić information content (AvgIpc) is 2.13. The molecule has 0 radical (unpaired) electrons. The third kappa shape index (κ3) is 1.24. The molecule has 1 aromatic rings. The lowest BCUT2D eigenvalue weighted by Crippen LogP contribution is -2.60. The average molecular weight is 212 g/mol. The van der Waals surface area contributed by atoms with Gasteiger partial charge < -0.3 is 4.90 Å². The fourth-order valence-corrected chi connectivity index (χ4v) is 2.99. The lowest BCUT2D eigenvalue weighted by molar-refractivity contribution is 0.0903. The molecule has 0 N–H and O–H groups in total. The molecule has 1 heterocycles. The van der Waals surface area contributed by atoms with E-state index in [9.17, 15) is 5.26 Å². The van der Waals surface area contributed by atoms with Gasteiger partial charge in [0.15, 0.2) is 0 Å². The Labute approximate surface area is 96.5 Å². The van der Waals surface area contributed by atoms with Gasteiger partial charge in [0.25, 0.3) is 0 Å². The summed E-state index contributed by atoms with van der Waals surface area (Å²) in [5.74, 6) is 0. The summed E-state index contributed by atoms with van der Waals surface area (Å²) < 4.78 is 0. The summed E-state index contributed by atoms with van der Waals surface area (Å²) in [5, 5.41) is 9.19. The van der Waals surface area contributed by atoms with Crippen LogP contribution in [0.4, 0.5) is 5.69 Å². The quantitative estimate of drug-likeness (QED) is 0.715. The zero-order chi connectivity index (χ0) is 11.2. The van der Waals surface area contributed by atoms with Gasteiger partial charge in [-0.2, -0.15) is 5.26 Å². The number of hydrogen-bond donors (Lipinski definition) is 0. The molecule has 0 atom stereocenters. The molecule has 82 valence electrons. The molecule has 1 saturated carbocycles. The van der Waals surface area contributed by atoms with Gasteiger partial charge in [0.1, 0.15) is 6.07 Å². The Morgan fingerprint density at radius 3 is 2.62 bits per heavy atom. The molecule has 2 nitrogen and oxygen atoms in total. The fraction of sp³-hybridized carbons (Fsp3) is 0.500. The molecule has 1 spiro atoms. The maximum absolute atomic E-state index is 9.19. The molecule has 16 heavy (non-hydrogen) atoms. The third-order valence-electron chi connectivity index (χ3n) is 4.17. The molecule has 1 aliphatic carbocycles. The summed E-state index contributed by atoms with van der Waals surface area (Å²) in [7, 11) is 0. The number of rotatable bonds is 1. The van der Waals surface area contributed by atoms with Crippen LogP contribution in [0.3, 0.4) is 0 Å². The Morgan fingerprint density at radius 2 is 2.06 bits per heavy atom. The fourth-order valence-electron chi connectivity index (χ4n) is 2.99. The van der Waals surface area contributed by atoms with Crippen molar-refractivity contribution >= 4 is 5.69 Å². The Morgan fingerprint density at radius 1 is 1.31 bits per heavy atom. The minimum atomic E-state index is 0.621. The lowest BCUT2D eigenvalue weighted by Gasteiger charge is -2.57. The highest BCUT2D eigenvalue weighted by atomic mass is 15.2. The van der Waals surface area contributed by atoms with Crippen molar-refractivity contribution < 1.29 is 0 Å². The van der Waals surface area contributed by atoms with Crippen LogP contribution < -0.4 is 4.90 Å². The van der Waals surface area contributed by atoms with Crippen molar-refractivity contribution in [1.82, 2.24) is 0 Å². The van der Waals surface area contributed by atoms with Gasteiger partial charge >= 0.3 is 0 Å². The van der Waals surface area contributed by atoms with E-state index in [1.54, 1.807) is 0 Å². The van der Waals surface area contributed by atoms with Crippen molar-refractivity contribution in [2.45, 2.75) is 26.2 Å². The van der Waals surface area contributed by atoms with Gasteiger partial charge in [-0.1, -0.05) is 18.6 Å². The molecule has 3 rings (SSSR count). The first-order valence-electron chi connectivity index (χ1n) is 5.99. The van der Waals surface area contributed by atoms with Gasteiger partial charge in [0.05, 0.1) is 11.3 Å². The first kappa shape index (κ1) is 9.72. The number of aryl methyl sites for hydroxylation is 1. The normalized spacial score (nSPS) is 21.1. The number of nitriles is 1.